The zero-order chi connectivity index (χ0) is 17.6. The van der Waals surface area contributed by atoms with E-state index in [2.05, 4.69) is 5.32 Å². The van der Waals surface area contributed by atoms with E-state index in [0.29, 0.717) is 19.6 Å². The number of amides is 1. The molecule has 0 bridgehead atoms. The number of halogens is 2. The van der Waals surface area contributed by atoms with Crippen molar-refractivity contribution in [1.82, 2.24) is 10.2 Å². The molecule has 0 aliphatic carbocycles. The highest BCUT2D eigenvalue weighted by molar-refractivity contribution is 5.68. The summed E-state index contributed by atoms with van der Waals surface area (Å²) in [7, 11) is 0. The lowest BCUT2D eigenvalue weighted by atomic mass is 10.1. The molecule has 0 fully saturated rings. The van der Waals surface area contributed by atoms with Gasteiger partial charge in [0.1, 0.15) is 5.60 Å². The van der Waals surface area contributed by atoms with Gasteiger partial charge in [-0.3, -0.25) is 0 Å². The van der Waals surface area contributed by atoms with Gasteiger partial charge in [-0.25, -0.2) is 13.6 Å². The molecule has 1 aromatic rings. The topological polar surface area (TPSA) is 41.6 Å². The molecule has 0 aliphatic rings. The Morgan fingerprint density at radius 2 is 2.00 bits per heavy atom. The molecule has 0 saturated heterocycles. The lowest BCUT2D eigenvalue weighted by Gasteiger charge is -2.27. The van der Waals surface area contributed by atoms with Crippen LogP contribution >= 0.6 is 0 Å². The first-order valence-electron chi connectivity index (χ1n) is 7.81. The molecule has 1 aromatic carbocycles. The fourth-order valence-corrected chi connectivity index (χ4v) is 2.09. The van der Waals surface area contributed by atoms with E-state index >= 15 is 0 Å². The zero-order valence-corrected chi connectivity index (χ0v) is 14.5. The standard InChI is InChI=1S/C17H26F2N2O2/c1-6-21(16(22)23-17(3,4)5)11-10-20-12(2)13-8-7-9-14(18)15(13)19/h7-9,12,20H,6,10-11H2,1-5H3. The first kappa shape index (κ1) is 19.4. The minimum atomic E-state index is -0.861. The van der Waals surface area contributed by atoms with Crippen LogP contribution in [0.4, 0.5) is 13.6 Å². The normalized spacial score (nSPS) is 12.8. The number of hydrogen-bond acceptors (Lipinski definition) is 3. The molecule has 0 saturated carbocycles. The molecule has 1 amide bonds. The van der Waals surface area contributed by atoms with Crippen molar-refractivity contribution in [3.63, 3.8) is 0 Å². The van der Waals surface area contributed by atoms with Crippen LogP contribution in [-0.2, 0) is 4.74 Å². The minimum absolute atomic E-state index is 0.269. The number of carbonyl (C=O) groups excluding carboxylic acids is 1. The Balaban J connectivity index is 2.54. The van der Waals surface area contributed by atoms with Crippen molar-refractivity contribution in [2.45, 2.75) is 46.3 Å². The molecule has 0 heterocycles. The van der Waals surface area contributed by atoms with Gasteiger partial charge >= 0.3 is 6.09 Å². The Labute approximate surface area is 136 Å². The Hall–Kier alpha value is -1.69. The van der Waals surface area contributed by atoms with E-state index < -0.39 is 17.2 Å². The van der Waals surface area contributed by atoms with Crippen molar-refractivity contribution in [3.05, 3.63) is 35.4 Å². The van der Waals surface area contributed by atoms with Crippen LogP contribution in [0.3, 0.4) is 0 Å². The van der Waals surface area contributed by atoms with Gasteiger partial charge in [0.2, 0.25) is 0 Å². The maximum Gasteiger partial charge on any atom is 0.410 e. The van der Waals surface area contributed by atoms with Crippen LogP contribution in [0.25, 0.3) is 0 Å². The molecule has 1 atom stereocenters. The maximum absolute atomic E-state index is 13.7. The van der Waals surface area contributed by atoms with Crippen LogP contribution in [0, 0.1) is 11.6 Å². The predicted octanol–water partition coefficient (Wildman–Crippen LogP) is 3.87. The van der Waals surface area contributed by atoms with Crippen LogP contribution in [0.15, 0.2) is 18.2 Å². The summed E-state index contributed by atoms with van der Waals surface area (Å²) in [5, 5.41) is 3.09. The first-order valence-corrected chi connectivity index (χ1v) is 7.81. The summed E-state index contributed by atoms with van der Waals surface area (Å²) >= 11 is 0. The quantitative estimate of drug-likeness (QED) is 0.862. The number of ether oxygens (including phenoxy) is 1. The van der Waals surface area contributed by atoms with Crippen LogP contribution < -0.4 is 5.32 Å². The Bertz CT molecular complexity index is 530. The van der Waals surface area contributed by atoms with Gasteiger partial charge in [-0.15, -0.1) is 0 Å². The summed E-state index contributed by atoms with van der Waals surface area (Å²) in [6.45, 7) is 10.4. The minimum Gasteiger partial charge on any atom is -0.444 e. The van der Waals surface area contributed by atoms with Gasteiger partial charge < -0.3 is 15.0 Å². The van der Waals surface area contributed by atoms with E-state index in [9.17, 15) is 13.6 Å². The zero-order valence-electron chi connectivity index (χ0n) is 14.5. The molecule has 23 heavy (non-hydrogen) atoms. The number of carbonyl (C=O) groups is 1. The lowest BCUT2D eigenvalue weighted by molar-refractivity contribution is 0.0261. The average molecular weight is 328 g/mol. The van der Waals surface area contributed by atoms with E-state index in [1.54, 1.807) is 17.9 Å². The third-order valence-electron chi connectivity index (χ3n) is 3.31. The van der Waals surface area contributed by atoms with E-state index in [1.165, 1.54) is 6.07 Å². The van der Waals surface area contributed by atoms with Crippen molar-refractivity contribution in [3.8, 4) is 0 Å². The van der Waals surface area contributed by atoms with E-state index in [0.717, 1.165) is 6.07 Å². The second kappa shape index (κ2) is 8.24. The van der Waals surface area contributed by atoms with E-state index in [4.69, 9.17) is 4.74 Å². The van der Waals surface area contributed by atoms with Crippen LogP contribution in [0.2, 0.25) is 0 Å². The molecular formula is C17H26F2N2O2. The number of likely N-dealkylation sites (N-methyl/N-ethyl adjacent to an activating group) is 1. The molecule has 0 aromatic heterocycles. The number of rotatable bonds is 6. The van der Waals surface area contributed by atoms with Gasteiger partial charge in [0.25, 0.3) is 0 Å². The largest absolute Gasteiger partial charge is 0.444 e. The molecule has 1 rings (SSSR count). The number of nitrogens with one attached hydrogen (secondary N) is 1. The van der Waals surface area contributed by atoms with E-state index in [1.807, 2.05) is 27.7 Å². The Kier molecular flexibility index (Phi) is 6.94. The highest BCUT2D eigenvalue weighted by Gasteiger charge is 2.21. The van der Waals surface area contributed by atoms with Crippen molar-refractivity contribution in [2.24, 2.45) is 0 Å². The van der Waals surface area contributed by atoms with Crippen molar-refractivity contribution in [2.75, 3.05) is 19.6 Å². The predicted molar refractivity (Wildman–Crippen MR) is 86.3 cm³/mol. The molecule has 0 radical (unpaired) electrons. The van der Waals surface area contributed by atoms with Gasteiger partial charge in [-0.05, 0) is 40.7 Å². The summed E-state index contributed by atoms with van der Waals surface area (Å²) < 4.78 is 32.3. The Morgan fingerprint density at radius 3 is 2.57 bits per heavy atom. The van der Waals surface area contributed by atoms with Gasteiger partial charge in [-0.1, -0.05) is 12.1 Å². The smallest absolute Gasteiger partial charge is 0.410 e. The fraction of sp³-hybridized carbons (Fsp3) is 0.588. The molecule has 0 spiro atoms. The van der Waals surface area contributed by atoms with Crippen molar-refractivity contribution >= 4 is 6.09 Å². The van der Waals surface area contributed by atoms with Crippen LogP contribution in [-0.4, -0.2) is 36.2 Å². The third kappa shape index (κ3) is 6.14. The second-order valence-corrected chi connectivity index (χ2v) is 6.38. The molecule has 1 unspecified atom stereocenters. The first-order chi connectivity index (χ1) is 10.7. The molecule has 0 aliphatic heterocycles. The highest BCUT2D eigenvalue weighted by atomic mass is 19.2. The number of benzene rings is 1. The SMILES string of the molecule is CCN(CCNC(C)c1cccc(F)c1F)C(=O)OC(C)(C)C. The summed E-state index contributed by atoms with van der Waals surface area (Å²) in [4.78, 5) is 13.6. The molecular weight excluding hydrogens is 302 g/mol. The molecule has 1 N–H and O–H groups in total. The van der Waals surface area contributed by atoms with Crippen molar-refractivity contribution < 1.29 is 18.3 Å². The van der Waals surface area contributed by atoms with Crippen LogP contribution in [0.1, 0.15) is 46.2 Å². The second-order valence-electron chi connectivity index (χ2n) is 6.38. The van der Waals surface area contributed by atoms with Gasteiger partial charge in [0.15, 0.2) is 11.6 Å². The fourth-order valence-electron chi connectivity index (χ4n) is 2.09. The number of nitrogens with zero attached hydrogens (tertiary/aromatic N) is 1. The molecule has 130 valence electrons. The van der Waals surface area contributed by atoms with Gasteiger partial charge in [-0.2, -0.15) is 0 Å². The Morgan fingerprint density at radius 1 is 1.35 bits per heavy atom. The highest BCUT2D eigenvalue weighted by Crippen LogP contribution is 2.18. The molecule has 4 nitrogen and oxygen atoms in total. The monoisotopic (exact) mass is 328 g/mol. The maximum atomic E-state index is 13.7. The van der Waals surface area contributed by atoms with E-state index in [-0.39, 0.29) is 17.7 Å². The summed E-state index contributed by atoms with van der Waals surface area (Å²) in [5.41, 5.74) is -0.277. The summed E-state index contributed by atoms with van der Waals surface area (Å²) in [5.74, 6) is -1.70. The third-order valence-corrected chi connectivity index (χ3v) is 3.31. The lowest BCUT2D eigenvalue weighted by Crippen LogP contribution is -2.40. The van der Waals surface area contributed by atoms with Gasteiger partial charge in [0.05, 0.1) is 0 Å². The van der Waals surface area contributed by atoms with Crippen LogP contribution in [0.5, 0.6) is 0 Å². The van der Waals surface area contributed by atoms with Gasteiger partial charge in [0, 0.05) is 31.2 Å². The summed E-state index contributed by atoms with van der Waals surface area (Å²) in [6.07, 6.45) is -0.383. The summed E-state index contributed by atoms with van der Waals surface area (Å²) in [6, 6.07) is 3.75. The molecule has 6 heteroatoms. The number of hydrogen-bond donors (Lipinski definition) is 1. The average Bonchev–Trinajstić information content (AvgIpc) is 2.44. The van der Waals surface area contributed by atoms with Crippen molar-refractivity contribution in [1.29, 1.82) is 0 Å².